The van der Waals surface area contributed by atoms with Crippen molar-refractivity contribution in [2.45, 2.75) is 13.8 Å². The van der Waals surface area contributed by atoms with Gasteiger partial charge in [0.15, 0.2) is 6.61 Å². The quantitative estimate of drug-likeness (QED) is 0.308. The maximum Gasteiger partial charge on any atom is 0.271 e. The largest absolute Gasteiger partial charge is 0.484 e. The van der Waals surface area contributed by atoms with Crippen LogP contribution >= 0.6 is 0 Å². The van der Waals surface area contributed by atoms with Crippen molar-refractivity contribution < 1.29 is 19.2 Å². The van der Waals surface area contributed by atoms with Crippen LogP contribution < -0.4 is 15.5 Å². The molecule has 0 unspecified atom stereocenters. The van der Waals surface area contributed by atoms with Crippen LogP contribution in [0.3, 0.4) is 0 Å². The van der Waals surface area contributed by atoms with Gasteiger partial charge in [-0.1, -0.05) is 24.3 Å². The normalized spacial score (nSPS) is 10.6. The Kier molecular flexibility index (Phi) is 7.48. The van der Waals surface area contributed by atoms with E-state index >= 15 is 0 Å². The molecule has 0 aliphatic heterocycles. The minimum atomic E-state index is -0.578. The predicted octanol–water partition coefficient (Wildman–Crippen LogP) is 3.99. The lowest BCUT2D eigenvalue weighted by molar-refractivity contribution is -0.384. The number of hydrazone groups is 1. The van der Waals surface area contributed by atoms with Gasteiger partial charge < -0.3 is 10.1 Å². The number of hydrogen-bond acceptors (Lipinski definition) is 6. The second kappa shape index (κ2) is 10.7. The standard InChI is InChI=1S/C24H22N4O5/c1-16-9-10-20(11-17(16)2)26-23(29)15-33-22-8-3-5-18(12-22)14-25-27-24(30)19-6-4-7-21(13-19)28(31)32/h3-14H,15H2,1-2H3,(H,26,29)(H,27,30)/b25-14-. The number of nitrogens with zero attached hydrogens (tertiary/aromatic N) is 2. The Morgan fingerprint density at radius 2 is 1.82 bits per heavy atom. The molecule has 0 spiro atoms. The Labute approximate surface area is 190 Å². The van der Waals surface area contributed by atoms with Crippen LogP contribution in [0.5, 0.6) is 5.75 Å². The van der Waals surface area contributed by atoms with E-state index in [0.717, 1.165) is 11.1 Å². The van der Waals surface area contributed by atoms with Gasteiger partial charge in [-0.3, -0.25) is 19.7 Å². The van der Waals surface area contributed by atoms with Gasteiger partial charge in [0, 0.05) is 23.4 Å². The summed E-state index contributed by atoms with van der Waals surface area (Å²) >= 11 is 0. The zero-order valence-corrected chi connectivity index (χ0v) is 18.1. The fourth-order valence-electron chi connectivity index (χ4n) is 2.84. The number of rotatable bonds is 8. The molecule has 2 N–H and O–H groups in total. The first kappa shape index (κ1) is 23.1. The minimum absolute atomic E-state index is 0.119. The molecule has 0 saturated heterocycles. The van der Waals surface area contributed by atoms with Gasteiger partial charge >= 0.3 is 0 Å². The minimum Gasteiger partial charge on any atom is -0.484 e. The topological polar surface area (TPSA) is 123 Å². The Morgan fingerprint density at radius 3 is 2.58 bits per heavy atom. The molecule has 0 aliphatic carbocycles. The van der Waals surface area contributed by atoms with E-state index in [4.69, 9.17) is 4.74 Å². The summed E-state index contributed by atoms with van der Waals surface area (Å²) in [5.74, 6) is -0.411. The number of nitro groups is 1. The molecule has 0 heterocycles. The molecule has 0 saturated carbocycles. The summed E-state index contributed by atoms with van der Waals surface area (Å²) in [5.41, 5.74) is 5.81. The highest BCUT2D eigenvalue weighted by molar-refractivity contribution is 5.95. The first-order valence-corrected chi connectivity index (χ1v) is 9.99. The Morgan fingerprint density at radius 1 is 1.03 bits per heavy atom. The van der Waals surface area contributed by atoms with Gasteiger partial charge in [-0.15, -0.1) is 0 Å². The molecule has 3 aromatic carbocycles. The number of nitrogens with one attached hydrogen (secondary N) is 2. The molecule has 9 nitrogen and oxygen atoms in total. The molecule has 168 valence electrons. The number of anilines is 1. The van der Waals surface area contributed by atoms with Crippen molar-refractivity contribution in [3.8, 4) is 5.75 Å². The molecule has 2 amide bonds. The molecule has 33 heavy (non-hydrogen) atoms. The number of nitro benzene ring substituents is 1. The van der Waals surface area contributed by atoms with E-state index in [2.05, 4.69) is 15.8 Å². The molecule has 9 heteroatoms. The van der Waals surface area contributed by atoms with Crippen molar-refractivity contribution in [1.29, 1.82) is 0 Å². The second-order valence-electron chi connectivity index (χ2n) is 7.21. The summed E-state index contributed by atoms with van der Waals surface area (Å²) < 4.78 is 5.54. The van der Waals surface area contributed by atoms with Gasteiger partial charge in [-0.2, -0.15) is 5.10 Å². The lowest BCUT2D eigenvalue weighted by Crippen LogP contribution is -2.20. The SMILES string of the molecule is Cc1ccc(NC(=O)COc2cccc(/C=N\NC(=O)c3cccc([N+](=O)[O-])c3)c2)cc1C. The summed E-state index contributed by atoms with van der Waals surface area (Å²) in [5, 5.41) is 17.5. The van der Waals surface area contributed by atoms with Crippen molar-refractivity contribution in [2.75, 3.05) is 11.9 Å². The van der Waals surface area contributed by atoms with Crippen LogP contribution in [-0.4, -0.2) is 29.6 Å². The van der Waals surface area contributed by atoms with Crippen LogP contribution in [-0.2, 0) is 4.79 Å². The van der Waals surface area contributed by atoms with E-state index < -0.39 is 10.8 Å². The Hall–Kier alpha value is -4.53. The molecule has 3 aromatic rings. The number of benzene rings is 3. The van der Waals surface area contributed by atoms with Gasteiger partial charge in [0.2, 0.25) is 0 Å². The van der Waals surface area contributed by atoms with Crippen molar-refractivity contribution in [3.05, 3.63) is 99.1 Å². The summed E-state index contributed by atoms with van der Waals surface area (Å²) in [6.07, 6.45) is 1.40. The smallest absolute Gasteiger partial charge is 0.271 e. The fraction of sp³-hybridized carbons (Fsp3) is 0.125. The lowest BCUT2D eigenvalue weighted by atomic mass is 10.1. The third-order valence-corrected chi connectivity index (χ3v) is 4.72. The summed E-state index contributed by atoms with van der Waals surface area (Å²) in [4.78, 5) is 34.5. The molecule has 3 rings (SSSR count). The highest BCUT2D eigenvalue weighted by Crippen LogP contribution is 2.16. The third kappa shape index (κ3) is 6.73. The fourth-order valence-corrected chi connectivity index (χ4v) is 2.84. The number of ether oxygens (including phenoxy) is 1. The van der Waals surface area contributed by atoms with E-state index in [1.165, 1.54) is 30.5 Å². The van der Waals surface area contributed by atoms with Crippen molar-refractivity contribution in [3.63, 3.8) is 0 Å². The van der Waals surface area contributed by atoms with Crippen molar-refractivity contribution in [2.24, 2.45) is 5.10 Å². The second-order valence-corrected chi connectivity index (χ2v) is 7.21. The number of carbonyl (C=O) groups is 2. The first-order valence-electron chi connectivity index (χ1n) is 9.99. The Bertz CT molecular complexity index is 1220. The van der Waals surface area contributed by atoms with E-state index in [-0.39, 0.29) is 23.8 Å². The van der Waals surface area contributed by atoms with Crippen LogP contribution in [0.15, 0.2) is 71.8 Å². The highest BCUT2D eigenvalue weighted by atomic mass is 16.6. The number of aryl methyl sites for hydroxylation is 2. The third-order valence-electron chi connectivity index (χ3n) is 4.72. The van der Waals surface area contributed by atoms with E-state index in [0.29, 0.717) is 17.0 Å². The number of carbonyl (C=O) groups excluding carboxylic acids is 2. The van der Waals surface area contributed by atoms with Gasteiger partial charge in [-0.25, -0.2) is 5.43 Å². The maximum absolute atomic E-state index is 12.2. The van der Waals surface area contributed by atoms with Gasteiger partial charge in [-0.05, 0) is 60.9 Å². The van der Waals surface area contributed by atoms with Crippen LogP contribution in [0.4, 0.5) is 11.4 Å². The summed E-state index contributed by atoms with van der Waals surface area (Å²) in [7, 11) is 0. The highest BCUT2D eigenvalue weighted by Gasteiger charge is 2.10. The van der Waals surface area contributed by atoms with Gasteiger partial charge in [0.1, 0.15) is 5.75 Å². The number of amides is 2. The average Bonchev–Trinajstić information content (AvgIpc) is 2.80. The van der Waals surface area contributed by atoms with E-state index in [9.17, 15) is 19.7 Å². The van der Waals surface area contributed by atoms with Crippen LogP contribution in [0.25, 0.3) is 0 Å². The van der Waals surface area contributed by atoms with Crippen molar-refractivity contribution >= 4 is 29.4 Å². The number of hydrogen-bond donors (Lipinski definition) is 2. The van der Waals surface area contributed by atoms with Crippen LogP contribution in [0.2, 0.25) is 0 Å². The molecule has 0 radical (unpaired) electrons. The predicted molar refractivity (Wildman–Crippen MR) is 125 cm³/mol. The van der Waals surface area contributed by atoms with Crippen LogP contribution in [0.1, 0.15) is 27.0 Å². The molecule has 0 atom stereocenters. The molecule has 0 fully saturated rings. The molecular formula is C24H22N4O5. The summed E-state index contributed by atoms with van der Waals surface area (Å²) in [6, 6.07) is 17.8. The van der Waals surface area contributed by atoms with Crippen LogP contribution in [0, 0.1) is 24.0 Å². The van der Waals surface area contributed by atoms with Gasteiger partial charge in [0.05, 0.1) is 11.1 Å². The first-order chi connectivity index (χ1) is 15.8. The monoisotopic (exact) mass is 446 g/mol. The zero-order chi connectivity index (χ0) is 23.8. The van der Waals surface area contributed by atoms with Crippen molar-refractivity contribution in [1.82, 2.24) is 5.43 Å². The number of non-ortho nitro benzene ring substituents is 1. The van der Waals surface area contributed by atoms with E-state index in [1.54, 1.807) is 24.3 Å². The Balaban J connectivity index is 1.53. The van der Waals surface area contributed by atoms with E-state index in [1.807, 2.05) is 32.0 Å². The molecular weight excluding hydrogens is 424 g/mol. The molecule has 0 aromatic heterocycles. The molecule has 0 bridgehead atoms. The maximum atomic E-state index is 12.2. The average molecular weight is 446 g/mol. The zero-order valence-electron chi connectivity index (χ0n) is 18.1. The summed E-state index contributed by atoms with van der Waals surface area (Å²) in [6.45, 7) is 3.80. The lowest BCUT2D eigenvalue weighted by Gasteiger charge is -2.09. The van der Waals surface area contributed by atoms with Gasteiger partial charge in [0.25, 0.3) is 17.5 Å². The molecule has 0 aliphatic rings.